The summed E-state index contributed by atoms with van der Waals surface area (Å²) in [6, 6.07) is 13.7. The summed E-state index contributed by atoms with van der Waals surface area (Å²) in [5.74, 6) is 0. The molecular formula is C19H24BrN. The minimum Gasteiger partial charge on any atom is -0.306 e. The predicted molar refractivity (Wildman–Crippen MR) is 94.9 cm³/mol. The van der Waals surface area contributed by atoms with Gasteiger partial charge in [0.25, 0.3) is 0 Å². The zero-order valence-corrected chi connectivity index (χ0v) is 14.9. The van der Waals surface area contributed by atoms with Crippen LogP contribution in [0.25, 0.3) is 0 Å². The van der Waals surface area contributed by atoms with Crippen LogP contribution >= 0.6 is 15.9 Å². The van der Waals surface area contributed by atoms with Crippen LogP contribution < -0.4 is 5.32 Å². The molecule has 2 heteroatoms. The highest BCUT2D eigenvalue weighted by Crippen LogP contribution is 2.29. The van der Waals surface area contributed by atoms with E-state index in [0.717, 1.165) is 13.0 Å². The maximum atomic E-state index is 3.68. The van der Waals surface area contributed by atoms with Crippen molar-refractivity contribution >= 4 is 15.9 Å². The molecule has 0 spiro atoms. The van der Waals surface area contributed by atoms with Crippen molar-refractivity contribution in [3.05, 3.63) is 68.7 Å². The lowest BCUT2D eigenvalue weighted by Crippen LogP contribution is -2.23. The van der Waals surface area contributed by atoms with E-state index in [-0.39, 0.29) is 6.04 Å². The Labute approximate surface area is 136 Å². The summed E-state index contributed by atoms with van der Waals surface area (Å²) in [4.78, 5) is 0. The first-order chi connectivity index (χ1) is 10.0. The molecule has 0 aliphatic rings. The molecule has 112 valence electrons. The van der Waals surface area contributed by atoms with Gasteiger partial charge in [0.05, 0.1) is 6.04 Å². The zero-order chi connectivity index (χ0) is 15.4. The first-order valence-corrected chi connectivity index (χ1v) is 8.38. The lowest BCUT2D eigenvalue weighted by atomic mass is 9.95. The van der Waals surface area contributed by atoms with E-state index in [2.05, 4.69) is 85.3 Å². The predicted octanol–water partition coefficient (Wildman–Crippen LogP) is 5.46. The lowest BCUT2D eigenvalue weighted by molar-refractivity contribution is 0.598. The number of aryl methyl sites for hydroxylation is 3. The molecule has 1 unspecified atom stereocenters. The van der Waals surface area contributed by atoms with Crippen molar-refractivity contribution in [3.8, 4) is 0 Å². The summed E-state index contributed by atoms with van der Waals surface area (Å²) in [6.45, 7) is 9.68. The van der Waals surface area contributed by atoms with Crippen molar-refractivity contribution < 1.29 is 0 Å². The van der Waals surface area contributed by atoms with Gasteiger partial charge in [0.1, 0.15) is 0 Å². The molecule has 21 heavy (non-hydrogen) atoms. The fourth-order valence-electron chi connectivity index (χ4n) is 2.62. The molecule has 1 atom stereocenters. The summed E-state index contributed by atoms with van der Waals surface area (Å²) in [5.41, 5.74) is 6.55. The van der Waals surface area contributed by atoms with E-state index in [1.807, 2.05) is 0 Å². The SMILES string of the molecule is CCCNC(c1ccc(C)cc1)c1cc(C)c(Br)c(C)c1. The topological polar surface area (TPSA) is 12.0 Å². The second kappa shape index (κ2) is 7.24. The third-order valence-electron chi connectivity index (χ3n) is 3.80. The zero-order valence-electron chi connectivity index (χ0n) is 13.3. The Hall–Kier alpha value is -1.12. The maximum Gasteiger partial charge on any atom is 0.0576 e. The van der Waals surface area contributed by atoms with Gasteiger partial charge < -0.3 is 5.32 Å². The fraction of sp³-hybridized carbons (Fsp3) is 0.368. The number of rotatable bonds is 5. The molecule has 0 saturated carbocycles. The van der Waals surface area contributed by atoms with Crippen LogP contribution in [0.2, 0.25) is 0 Å². The molecule has 2 aromatic rings. The molecule has 0 aliphatic carbocycles. The van der Waals surface area contributed by atoms with Crippen LogP contribution in [-0.2, 0) is 0 Å². The Morgan fingerprint density at radius 1 is 0.952 bits per heavy atom. The van der Waals surface area contributed by atoms with Gasteiger partial charge in [0.15, 0.2) is 0 Å². The molecule has 0 bridgehead atoms. The minimum absolute atomic E-state index is 0.260. The van der Waals surface area contributed by atoms with Gasteiger partial charge in [0.2, 0.25) is 0 Å². The van der Waals surface area contributed by atoms with Gasteiger partial charge >= 0.3 is 0 Å². The molecule has 0 aliphatic heterocycles. The monoisotopic (exact) mass is 345 g/mol. The van der Waals surface area contributed by atoms with Crippen LogP contribution in [0.4, 0.5) is 0 Å². The van der Waals surface area contributed by atoms with Gasteiger partial charge in [-0.25, -0.2) is 0 Å². The van der Waals surface area contributed by atoms with Crippen LogP contribution in [0.5, 0.6) is 0 Å². The quantitative estimate of drug-likeness (QED) is 0.758. The van der Waals surface area contributed by atoms with Gasteiger partial charge in [-0.05, 0) is 56.0 Å². The first kappa shape index (κ1) is 16.3. The summed E-state index contributed by atoms with van der Waals surface area (Å²) >= 11 is 3.66. The van der Waals surface area contributed by atoms with E-state index in [9.17, 15) is 0 Å². The van der Waals surface area contributed by atoms with Gasteiger partial charge in [-0.2, -0.15) is 0 Å². The van der Waals surface area contributed by atoms with Crippen molar-refractivity contribution in [1.82, 2.24) is 5.32 Å². The van der Waals surface area contributed by atoms with E-state index in [0.29, 0.717) is 0 Å². The second-order valence-corrected chi connectivity index (χ2v) is 6.56. The highest BCUT2D eigenvalue weighted by atomic mass is 79.9. The van der Waals surface area contributed by atoms with E-state index in [4.69, 9.17) is 0 Å². The van der Waals surface area contributed by atoms with E-state index in [1.165, 1.54) is 32.3 Å². The minimum atomic E-state index is 0.260. The Balaban J connectivity index is 2.42. The summed E-state index contributed by atoms with van der Waals surface area (Å²) < 4.78 is 1.21. The van der Waals surface area contributed by atoms with Crippen molar-refractivity contribution in [2.45, 2.75) is 40.2 Å². The number of benzene rings is 2. The van der Waals surface area contributed by atoms with Gasteiger partial charge in [-0.1, -0.05) is 64.8 Å². The highest BCUT2D eigenvalue weighted by Gasteiger charge is 2.15. The Morgan fingerprint density at radius 3 is 2.05 bits per heavy atom. The van der Waals surface area contributed by atoms with Gasteiger partial charge in [0, 0.05) is 4.47 Å². The Bertz CT molecular complexity index is 578. The van der Waals surface area contributed by atoms with Crippen LogP contribution in [0.15, 0.2) is 40.9 Å². The molecule has 2 rings (SSSR count). The standard InChI is InChI=1S/C19H24BrN/c1-5-10-21-19(16-8-6-13(2)7-9-16)17-11-14(3)18(20)15(4)12-17/h6-9,11-12,19,21H,5,10H2,1-4H3. The number of nitrogens with one attached hydrogen (secondary N) is 1. The largest absolute Gasteiger partial charge is 0.306 e. The molecule has 1 N–H and O–H groups in total. The van der Waals surface area contributed by atoms with Crippen LogP contribution in [0.3, 0.4) is 0 Å². The van der Waals surface area contributed by atoms with Crippen molar-refractivity contribution in [3.63, 3.8) is 0 Å². The van der Waals surface area contributed by atoms with Gasteiger partial charge in [-0.3, -0.25) is 0 Å². The lowest BCUT2D eigenvalue weighted by Gasteiger charge is -2.21. The highest BCUT2D eigenvalue weighted by molar-refractivity contribution is 9.10. The van der Waals surface area contributed by atoms with Crippen molar-refractivity contribution in [2.24, 2.45) is 0 Å². The van der Waals surface area contributed by atoms with Crippen molar-refractivity contribution in [2.75, 3.05) is 6.54 Å². The molecule has 0 radical (unpaired) electrons. The number of halogens is 1. The fourth-order valence-corrected chi connectivity index (χ4v) is 2.85. The molecule has 0 fully saturated rings. The molecule has 2 aromatic carbocycles. The van der Waals surface area contributed by atoms with E-state index in [1.54, 1.807) is 0 Å². The Morgan fingerprint density at radius 2 is 1.52 bits per heavy atom. The third kappa shape index (κ3) is 3.96. The van der Waals surface area contributed by atoms with Crippen LogP contribution in [-0.4, -0.2) is 6.54 Å². The summed E-state index contributed by atoms with van der Waals surface area (Å²) in [7, 11) is 0. The van der Waals surface area contributed by atoms with Crippen LogP contribution in [0, 0.1) is 20.8 Å². The van der Waals surface area contributed by atoms with Gasteiger partial charge in [-0.15, -0.1) is 0 Å². The van der Waals surface area contributed by atoms with Crippen molar-refractivity contribution in [1.29, 1.82) is 0 Å². The molecule has 1 nitrogen and oxygen atoms in total. The summed E-state index contributed by atoms with van der Waals surface area (Å²) in [6.07, 6.45) is 1.14. The maximum absolute atomic E-state index is 3.68. The number of hydrogen-bond donors (Lipinski definition) is 1. The molecule has 0 heterocycles. The summed E-state index contributed by atoms with van der Waals surface area (Å²) in [5, 5.41) is 3.68. The second-order valence-electron chi connectivity index (χ2n) is 5.77. The normalized spacial score (nSPS) is 12.4. The third-order valence-corrected chi connectivity index (χ3v) is 5.05. The number of hydrogen-bond acceptors (Lipinski definition) is 1. The van der Waals surface area contributed by atoms with E-state index >= 15 is 0 Å². The van der Waals surface area contributed by atoms with E-state index < -0.39 is 0 Å². The first-order valence-electron chi connectivity index (χ1n) is 7.59. The average Bonchev–Trinajstić information content (AvgIpc) is 2.46. The molecular weight excluding hydrogens is 322 g/mol. The average molecular weight is 346 g/mol. The smallest absolute Gasteiger partial charge is 0.0576 e. The Kier molecular flexibility index (Phi) is 5.60. The molecule has 0 aromatic heterocycles. The van der Waals surface area contributed by atoms with Crippen LogP contribution in [0.1, 0.15) is 47.2 Å². The molecule has 0 saturated heterocycles. The molecule has 0 amide bonds.